The van der Waals surface area contributed by atoms with Crippen molar-refractivity contribution in [1.29, 1.82) is 0 Å². The van der Waals surface area contributed by atoms with Gasteiger partial charge in [0, 0.05) is 36.7 Å². The van der Waals surface area contributed by atoms with E-state index in [0.717, 1.165) is 30.9 Å². The Morgan fingerprint density at radius 1 is 1.45 bits per heavy atom. The van der Waals surface area contributed by atoms with E-state index in [-0.39, 0.29) is 23.1 Å². The molecule has 0 spiro atoms. The summed E-state index contributed by atoms with van der Waals surface area (Å²) in [4.78, 5) is 16.9. The number of fused-ring (bicyclic) bond motifs is 1. The summed E-state index contributed by atoms with van der Waals surface area (Å²) in [5.41, 5.74) is 1.85. The van der Waals surface area contributed by atoms with Crippen LogP contribution in [-0.2, 0) is 18.4 Å². The molecule has 6 nitrogen and oxygen atoms in total. The van der Waals surface area contributed by atoms with Crippen LogP contribution in [0.2, 0.25) is 0 Å². The molecule has 1 N–H and O–H groups in total. The summed E-state index contributed by atoms with van der Waals surface area (Å²) in [7, 11) is 0. The molecule has 0 saturated heterocycles. The van der Waals surface area contributed by atoms with Crippen LogP contribution >= 0.6 is 0 Å². The zero-order valence-electron chi connectivity index (χ0n) is 13.5. The van der Waals surface area contributed by atoms with Crippen LogP contribution in [0.25, 0.3) is 0 Å². The molecule has 1 aliphatic rings. The fourth-order valence-corrected chi connectivity index (χ4v) is 2.65. The van der Waals surface area contributed by atoms with Gasteiger partial charge in [0.2, 0.25) is 5.76 Å². The first kappa shape index (κ1) is 14.8. The highest BCUT2D eigenvalue weighted by Crippen LogP contribution is 2.24. The van der Waals surface area contributed by atoms with Crippen molar-refractivity contribution in [3.63, 3.8) is 0 Å². The molecule has 0 aromatic carbocycles. The van der Waals surface area contributed by atoms with E-state index in [1.165, 1.54) is 0 Å². The lowest BCUT2D eigenvalue weighted by Crippen LogP contribution is -2.40. The smallest absolute Gasteiger partial charge is 0.290 e. The molecule has 0 aliphatic carbocycles. The molecule has 0 bridgehead atoms. The van der Waals surface area contributed by atoms with E-state index in [1.54, 1.807) is 13.0 Å². The molecular weight excluding hydrogens is 280 g/mol. The first-order valence-corrected chi connectivity index (χ1v) is 7.63. The lowest BCUT2D eigenvalue weighted by Gasteiger charge is -2.24. The van der Waals surface area contributed by atoms with E-state index >= 15 is 0 Å². The van der Waals surface area contributed by atoms with E-state index in [9.17, 15) is 4.79 Å². The molecule has 1 unspecified atom stereocenters. The molecular formula is C16H22N4O2. The minimum absolute atomic E-state index is 0.0421. The van der Waals surface area contributed by atoms with Crippen molar-refractivity contribution in [3.8, 4) is 0 Å². The van der Waals surface area contributed by atoms with Crippen LogP contribution < -0.4 is 5.32 Å². The number of amides is 1. The minimum atomic E-state index is -0.204. The number of nitrogens with one attached hydrogen (secondary N) is 1. The van der Waals surface area contributed by atoms with Gasteiger partial charge in [-0.2, -0.15) is 0 Å². The third kappa shape index (κ3) is 2.91. The van der Waals surface area contributed by atoms with E-state index in [1.807, 2.05) is 0 Å². The molecule has 22 heavy (non-hydrogen) atoms. The molecule has 3 rings (SSSR count). The first-order chi connectivity index (χ1) is 10.3. The predicted octanol–water partition coefficient (Wildman–Crippen LogP) is 2.22. The normalized spacial score (nSPS) is 18.1. The number of aromatic nitrogens is 3. The van der Waals surface area contributed by atoms with Gasteiger partial charge in [-0.15, -0.1) is 0 Å². The minimum Gasteiger partial charge on any atom is -0.351 e. The van der Waals surface area contributed by atoms with Gasteiger partial charge in [-0.1, -0.05) is 25.9 Å². The Hall–Kier alpha value is -2.11. The lowest BCUT2D eigenvalue weighted by atomic mass is 9.93. The Morgan fingerprint density at radius 2 is 2.23 bits per heavy atom. The van der Waals surface area contributed by atoms with E-state index < -0.39 is 0 Å². The Morgan fingerprint density at radius 3 is 2.86 bits per heavy atom. The second kappa shape index (κ2) is 5.26. The second-order valence-electron chi connectivity index (χ2n) is 6.99. The SMILES string of the molecule is Cc1cc(C(=O)NC2CCc3nc(C(C)(C)C)cn3C2)on1. The zero-order chi connectivity index (χ0) is 15.9. The van der Waals surface area contributed by atoms with Crippen molar-refractivity contribution in [2.24, 2.45) is 0 Å². The zero-order valence-corrected chi connectivity index (χ0v) is 13.5. The monoisotopic (exact) mass is 302 g/mol. The van der Waals surface area contributed by atoms with Gasteiger partial charge in [0.15, 0.2) is 0 Å². The molecule has 118 valence electrons. The highest BCUT2D eigenvalue weighted by molar-refractivity contribution is 5.91. The highest BCUT2D eigenvalue weighted by Gasteiger charge is 2.26. The molecule has 2 aromatic rings. The third-order valence-electron chi connectivity index (χ3n) is 3.95. The number of aryl methyl sites for hydroxylation is 2. The summed E-state index contributed by atoms with van der Waals surface area (Å²) >= 11 is 0. The molecule has 1 aliphatic heterocycles. The highest BCUT2D eigenvalue weighted by atomic mass is 16.5. The molecule has 1 atom stereocenters. The Labute approximate surface area is 129 Å². The van der Waals surface area contributed by atoms with Crippen molar-refractivity contribution in [1.82, 2.24) is 20.0 Å². The lowest BCUT2D eigenvalue weighted by molar-refractivity contribution is 0.0890. The van der Waals surface area contributed by atoms with Crippen LogP contribution in [0, 0.1) is 6.92 Å². The standard InChI is InChI=1S/C16H22N4O2/c1-10-7-12(22-19-10)15(21)17-11-5-6-14-18-13(16(2,3)4)9-20(14)8-11/h7,9,11H,5-6,8H2,1-4H3,(H,17,21). The largest absolute Gasteiger partial charge is 0.351 e. The summed E-state index contributed by atoms with van der Waals surface area (Å²) in [6.45, 7) is 9.02. The maximum absolute atomic E-state index is 12.1. The summed E-state index contributed by atoms with van der Waals surface area (Å²) in [5.74, 6) is 1.17. The van der Waals surface area contributed by atoms with Crippen LogP contribution in [0.3, 0.4) is 0 Å². The number of carbonyl (C=O) groups is 1. The Kier molecular flexibility index (Phi) is 3.54. The van der Waals surface area contributed by atoms with Gasteiger partial charge in [-0.25, -0.2) is 4.98 Å². The fourth-order valence-electron chi connectivity index (χ4n) is 2.65. The van der Waals surface area contributed by atoms with Gasteiger partial charge >= 0.3 is 0 Å². The quantitative estimate of drug-likeness (QED) is 0.923. The summed E-state index contributed by atoms with van der Waals surface area (Å²) in [5, 5.41) is 6.76. The van der Waals surface area contributed by atoms with Gasteiger partial charge in [-0.05, 0) is 13.3 Å². The van der Waals surface area contributed by atoms with Gasteiger partial charge in [0.05, 0.1) is 11.4 Å². The number of hydrogen-bond acceptors (Lipinski definition) is 4. The summed E-state index contributed by atoms with van der Waals surface area (Å²) in [6.07, 6.45) is 3.86. The Bertz CT molecular complexity index is 693. The average Bonchev–Trinajstić information content (AvgIpc) is 3.03. The van der Waals surface area contributed by atoms with Crippen LogP contribution in [-0.4, -0.2) is 26.7 Å². The summed E-state index contributed by atoms with van der Waals surface area (Å²) in [6, 6.07) is 1.74. The summed E-state index contributed by atoms with van der Waals surface area (Å²) < 4.78 is 7.16. The number of hydrogen-bond donors (Lipinski definition) is 1. The average molecular weight is 302 g/mol. The predicted molar refractivity (Wildman–Crippen MR) is 81.7 cm³/mol. The maximum Gasteiger partial charge on any atom is 0.290 e. The Balaban J connectivity index is 1.69. The maximum atomic E-state index is 12.1. The van der Waals surface area contributed by atoms with Crippen molar-refractivity contribution in [2.75, 3.05) is 0 Å². The van der Waals surface area contributed by atoms with Gasteiger partial charge in [0.1, 0.15) is 5.82 Å². The van der Waals surface area contributed by atoms with Crippen molar-refractivity contribution in [2.45, 2.75) is 58.5 Å². The van der Waals surface area contributed by atoms with E-state index in [2.05, 4.69) is 42.0 Å². The van der Waals surface area contributed by atoms with Gasteiger partial charge in [0.25, 0.3) is 5.91 Å². The molecule has 3 heterocycles. The third-order valence-corrected chi connectivity index (χ3v) is 3.95. The first-order valence-electron chi connectivity index (χ1n) is 7.63. The van der Waals surface area contributed by atoms with Gasteiger partial charge in [-0.3, -0.25) is 4.79 Å². The number of carbonyl (C=O) groups excluding carboxylic acids is 1. The number of nitrogens with zero attached hydrogens (tertiary/aromatic N) is 3. The van der Waals surface area contributed by atoms with Crippen molar-refractivity contribution >= 4 is 5.91 Å². The molecule has 6 heteroatoms. The molecule has 2 aromatic heterocycles. The molecule has 0 radical (unpaired) electrons. The van der Waals surface area contributed by atoms with Crippen LogP contribution in [0.1, 0.15) is 55.0 Å². The fraction of sp³-hybridized carbons (Fsp3) is 0.562. The van der Waals surface area contributed by atoms with E-state index in [4.69, 9.17) is 9.51 Å². The van der Waals surface area contributed by atoms with Crippen LogP contribution in [0.5, 0.6) is 0 Å². The van der Waals surface area contributed by atoms with Crippen molar-refractivity contribution < 1.29 is 9.32 Å². The molecule has 1 amide bonds. The van der Waals surface area contributed by atoms with Crippen molar-refractivity contribution in [3.05, 3.63) is 35.2 Å². The van der Waals surface area contributed by atoms with E-state index in [0.29, 0.717) is 5.69 Å². The van der Waals surface area contributed by atoms with Crippen LogP contribution in [0.15, 0.2) is 16.8 Å². The second-order valence-corrected chi connectivity index (χ2v) is 6.99. The topological polar surface area (TPSA) is 73.0 Å². The number of imidazole rings is 1. The molecule has 0 fully saturated rings. The van der Waals surface area contributed by atoms with Gasteiger partial charge < -0.3 is 14.4 Å². The molecule has 0 saturated carbocycles. The van der Waals surface area contributed by atoms with Crippen LogP contribution in [0.4, 0.5) is 0 Å². The number of rotatable bonds is 2.